The maximum Gasteiger partial charge on any atom is 0.0371 e. The molecule has 0 aromatic carbocycles. The molecule has 5 nitrogen and oxygen atoms in total. The molecule has 2 atom stereocenters. The van der Waals surface area contributed by atoms with Gasteiger partial charge in [-0.1, -0.05) is 18.5 Å². The lowest BCUT2D eigenvalue weighted by atomic mass is 10.0. The van der Waals surface area contributed by atoms with Gasteiger partial charge in [-0.15, -0.1) is 0 Å². The van der Waals surface area contributed by atoms with Crippen molar-refractivity contribution in [3.8, 4) is 0 Å². The number of hydrogen-bond acceptors (Lipinski definition) is 3. The fraction of sp³-hybridized carbons (Fsp3) is 1.00. The Bertz CT molecular complexity index is 176. The highest BCUT2D eigenvalue weighted by atomic mass is 15.1. The zero-order valence-electron chi connectivity index (χ0n) is 8.89. The monoisotopic (exact) mass is 199 g/mol. The summed E-state index contributed by atoms with van der Waals surface area (Å²) in [4.78, 5) is 2.81. The molecule has 2 unspecified atom stereocenters. The highest BCUT2D eigenvalue weighted by Gasteiger charge is 2.05. The van der Waals surface area contributed by atoms with Crippen LogP contribution in [0.5, 0.6) is 0 Å². The SMILES string of the molecule is CCC(CCCC(N)CCN)N=[N+]=[N-]. The molecule has 0 heterocycles. The molecule has 0 radical (unpaired) electrons. The van der Waals surface area contributed by atoms with Crippen LogP contribution in [0.4, 0.5) is 0 Å². The minimum atomic E-state index is 0.130. The molecule has 0 rings (SSSR count). The van der Waals surface area contributed by atoms with Crippen molar-refractivity contribution >= 4 is 0 Å². The number of rotatable bonds is 8. The fourth-order valence-corrected chi connectivity index (χ4v) is 1.39. The number of nitrogens with two attached hydrogens (primary N) is 2. The molecule has 0 fully saturated rings. The lowest BCUT2D eigenvalue weighted by molar-refractivity contribution is 0.494. The van der Waals surface area contributed by atoms with Gasteiger partial charge in [0.15, 0.2) is 0 Å². The van der Waals surface area contributed by atoms with Gasteiger partial charge in [0.1, 0.15) is 0 Å². The molecule has 0 spiro atoms. The van der Waals surface area contributed by atoms with Crippen LogP contribution in [0.2, 0.25) is 0 Å². The van der Waals surface area contributed by atoms with Gasteiger partial charge in [-0.3, -0.25) is 0 Å². The minimum absolute atomic E-state index is 0.130. The van der Waals surface area contributed by atoms with Crippen LogP contribution in [0.1, 0.15) is 39.0 Å². The van der Waals surface area contributed by atoms with E-state index in [1.807, 2.05) is 6.92 Å². The van der Waals surface area contributed by atoms with Crippen LogP contribution in [0.15, 0.2) is 5.11 Å². The van der Waals surface area contributed by atoms with Crippen LogP contribution in [0.25, 0.3) is 10.4 Å². The van der Waals surface area contributed by atoms with E-state index in [0.717, 1.165) is 32.1 Å². The van der Waals surface area contributed by atoms with Crippen molar-refractivity contribution in [3.63, 3.8) is 0 Å². The molecule has 0 saturated carbocycles. The van der Waals surface area contributed by atoms with Crippen molar-refractivity contribution in [2.24, 2.45) is 16.6 Å². The predicted molar refractivity (Wildman–Crippen MR) is 58.7 cm³/mol. The molecule has 0 bridgehead atoms. The largest absolute Gasteiger partial charge is 0.330 e. The molecule has 0 aliphatic rings. The Kier molecular flexibility index (Phi) is 8.33. The Balaban J connectivity index is 3.55. The third-order valence-electron chi connectivity index (χ3n) is 2.34. The Hall–Kier alpha value is -0.770. The Morgan fingerprint density at radius 3 is 2.57 bits per heavy atom. The summed E-state index contributed by atoms with van der Waals surface area (Å²) in [7, 11) is 0. The summed E-state index contributed by atoms with van der Waals surface area (Å²) in [5.41, 5.74) is 19.5. The van der Waals surface area contributed by atoms with Gasteiger partial charge in [-0.25, -0.2) is 0 Å². The summed E-state index contributed by atoms with van der Waals surface area (Å²) in [6.07, 6.45) is 4.68. The first-order valence-corrected chi connectivity index (χ1v) is 5.24. The lowest BCUT2D eigenvalue weighted by Crippen LogP contribution is -2.23. The fourth-order valence-electron chi connectivity index (χ4n) is 1.39. The van der Waals surface area contributed by atoms with Gasteiger partial charge in [0.2, 0.25) is 0 Å². The first-order chi connectivity index (χ1) is 6.74. The van der Waals surface area contributed by atoms with Crippen LogP contribution in [-0.4, -0.2) is 18.6 Å². The molecular formula is C9H21N5. The quantitative estimate of drug-likeness (QED) is 0.354. The topological polar surface area (TPSA) is 101 Å². The zero-order valence-corrected chi connectivity index (χ0v) is 8.89. The Labute approximate surface area is 85.5 Å². The number of hydrogen-bond donors (Lipinski definition) is 2. The summed E-state index contributed by atoms with van der Waals surface area (Å²) in [6, 6.07) is 0.327. The van der Waals surface area contributed by atoms with Crippen molar-refractivity contribution in [1.29, 1.82) is 0 Å². The van der Waals surface area contributed by atoms with Crippen LogP contribution in [-0.2, 0) is 0 Å². The van der Waals surface area contributed by atoms with Crippen molar-refractivity contribution < 1.29 is 0 Å². The maximum atomic E-state index is 8.28. The normalized spacial score (nSPS) is 14.5. The van der Waals surface area contributed by atoms with Gasteiger partial charge in [0.05, 0.1) is 0 Å². The summed E-state index contributed by atoms with van der Waals surface area (Å²) < 4.78 is 0. The molecule has 82 valence electrons. The summed E-state index contributed by atoms with van der Waals surface area (Å²) in [6.45, 7) is 2.67. The highest BCUT2D eigenvalue weighted by molar-refractivity contribution is 4.68. The molecule has 0 saturated heterocycles. The number of nitrogens with zero attached hydrogens (tertiary/aromatic N) is 3. The van der Waals surface area contributed by atoms with Gasteiger partial charge < -0.3 is 11.5 Å². The van der Waals surface area contributed by atoms with Crippen molar-refractivity contribution in [2.75, 3.05) is 6.54 Å². The minimum Gasteiger partial charge on any atom is -0.330 e. The van der Waals surface area contributed by atoms with E-state index in [1.165, 1.54) is 0 Å². The summed E-state index contributed by atoms with van der Waals surface area (Å²) in [5.74, 6) is 0. The molecule has 0 aromatic rings. The van der Waals surface area contributed by atoms with Gasteiger partial charge in [-0.05, 0) is 37.8 Å². The average Bonchev–Trinajstić information content (AvgIpc) is 2.17. The van der Waals surface area contributed by atoms with E-state index in [-0.39, 0.29) is 12.1 Å². The smallest absolute Gasteiger partial charge is 0.0371 e. The molecule has 4 N–H and O–H groups in total. The molecule has 0 aliphatic heterocycles. The second kappa shape index (κ2) is 8.81. The van der Waals surface area contributed by atoms with Crippen molar-refractivity contribution in [3.05, 3.63) is 10.4 Å². The summed E-state index contributed by atoms with van der Waals surface area (Å²) in [5, 5.41) is 3.70. The Morgan fingerprint density at radius 2 is 2.07 bits per heavy atom. The molecule has 0 amide bonds. The average molecular weight is 199 g/mol. The third kappa shape index (κ3) is 6.71. The molecule has 0 aliphatic carbocycles. The van der Waals surface area contributed by atoms with Crippen LogP contribution in [0, 0.1) is 0 Å². The van der Waals surface area contributed by atoms with E-state index in [2.05, 4.69) is 10.0 Å². The van der Waals surface area contributed by atoms with E-state index in [4.69, 9.17) is 17.0 Å². The van der Waals surface area contributed by atoms with E-state index >= 15 is 0 Å². The third-order valence-corrected chi connectivity index (χ3v) is 2.34. The predicted octanol–water partition coefficient (Wildman–Crippen LogP) is 1.92. The maximum absolute atomic E-state index is 8.28. The molecule has 0 aromatic heterocycles. The van der Waals surface area contributed by atoms with Gasteiger partial charge >= 0.3 is 0 Å². The number of azide groups is 1. The first kappa shape index (κ1) is 13.2. The first-order valence-electron chi connectivity index (χ1n) is 5.24. The van der Waals surface area contributed by atoms with E-state index in [1.54, 1.807) is 0 Å². The van der Waals surface area contributed by atoms with E-state index < -0.39 is 0 Å². The molecule has 14 heavy (non-hydrogen) atoms. The lowest BCUT2D eigenvalue weighted by Gasteiger charge is -2.11. The second-order valence-corrected chi connectivity index (χ2v) is 3.54. The van der Waals surface area contributed by atoms with Crippen molar-refractivity contribution in [1.82, 2.24) is 0 Å². The van der Waals surface area contributed by atoms with Gasteiger partial charge in [-0.2, -0.15) is 0 Å². The van der Waals surface area contributed by atoms with E-state index in [9.17, 15) is 0 Å². The van der Waals surface area contributed by atoms with Crippen LogP contribution >= 0.6 is 0 Å². The van der Waals surface area contributed by atoms with E-state index in [0.29, 0.717) is 6.54 Å². The van der Waals surface area contributed by atoms with Crippen LogP contribution in [0.3, 0.4) is 0 Å². The standard InChI is InChI=1S/C9H21N5/c1-2-9(13-14-12)5-3-4-8(11)6-7-10/h8-9H,2-7,10-11H2,1H3. The van der Waals surface area contributed by atoms with Crippen LogP contribution < -0.4 is 11.5 Å². The summed E-state index contributed by atoms with van der Waals surface area (Å²) >= 11 is 0. The zero-order chi connectivity index (χ0) is 10.8. The highest BCUT2D eigenvalue weighted by Crippen LogP contribution is 2.10. The van der Waals surface area contributed by atoms with Gasteiger partial charge in [0.25, 0.3) is 0 Å². The Morgan fingerprint density at radius 1 is 1.36 bits per heavy atom. The van der Waals surface area contributed by atoms with Crippen molar-refractivity contribution in [2.45, 2.75) is 51.1 Å². The molecule has 5 heteroatoms. The molecular weight excluding hydrogens is 178 g/mol. The second-order valence-electron chi connectivity index (χ2n) is 3.54. The van der Waals surface area contributed by atoms with Gasteiger partial charge in [0, 0.05) is 17.0 Å².